The largest absolute Gasteiger partial charge is 0.507 e. The minimum absolute atomic E-state index is 0.0456. The van der Waals surface area contributed by atoms with Crippen molar-refractivity contribution in [2.45, 2.75) is 19.5 Å². The van der Waals surface area contributed by atoms with Gasteiger partial charge in [-0.25, -0.2) is 0 Å². The lowest BCUT2D eigenvalue weighted by Crippen LogP contribution is -2.29. The van der Waals surface area contributed by atoms with Gasteiger partial charge in [-0.3, -0.25) is 19.6 Å². The Labute approximate surface area is 179 Å². The van der Waals surface area contributed by atoms with Crippen molar-refractivity contribution in [1.29, 1.82) is 0 Å². The fourth-order valence-corrected chi connectivity index (χ4v) is 3.66. The maximum absolute atomic E-state index is 13.0. The molecule has 0 bridgehead atoms. The van der Waals surface area contributed by atoms with Gasteiger partial charge in [0.05, 0.1) is 18.2 Å². The summed E-state index contributed by atoms with van der Waals surface area (Å²) >= 11 is 0. The van der Waals surface area contributed by atoms with Gasteiger partial charge in [-0.1, -0.05) is 18.2 Å². The molecule has 1 amide bonds. The summed E-state index contributed by atoms with van der Waals surface area (Å²) in [5.41, 5.74) is 1.95. The van der Waals surface area contributed by atoms with Crippen molar-refractivity contribution < 1.29 is 19.4 Å². The van der Waals surface area contributed by atoms with Crippen molar-refractivity contribution in [3.8, 4) is 5.75 Å². The number of aromatic nitrogens is 2. The zero-order valence-electron chi connectivity index (χ0n) is 16.9. The third-order valence-corrected chi connectivity index (χ3v) is 5.08. The Bertz CT molecular complexity index is 1110. The van der Waals surface area contributed by atoms with Crippen LogP contribution in [0.4, 0.5) is 0 Å². The van der Waals surface area contributed by atoms with E-state index in [1.807, 2.05) is 13.0 Å². The second-order valence-corrected chi connectivity index (χ2v) is 7.03. The fourth-order valence-electron chi connectivity index (χ4n) is 3.66. The monoisotopic (exact) mass is 415 g/mol. The van der Waals surface area contributed by atoms with E-state index < -0.39 is 17.7 Å². The Kier molecular flexibility index (Phi) is 5.75. The topological polar surface area (TPSA) is 92.6 Å². The van der Waals surface area contributed by atoms with Gasteiger partial charge in [-0.2, -0.15) is 0 Å². The lowest BCUT2D eigenvalue weighted by atomic mass is 9.95. The van der Waals surface area contributed by atoms with Crippen LogP contribution in [-0.2, 0) is 16.1 Å². The number of hydrogen-bond acceptors (Lipinski definition) is 6. The molecule has 1 unspecified atom stereocenters. The summed E-state index contributed by atoms with van der Waals surface area (Å²) < 4.78 is 5.51. The molecular weight excluding hydrogens is 394 g/mol. The molecule has 0 saturated carbocycles. The molecule has 1 saturated heterocycles. The van der Waals surface area contributed by atoms with Crippen molar-refractivity contribution in [2.75, 3.05) is 6.61 Å². The number of pyridine rings is 2. The first-order chi connectivity index (χ1) is 15.1. The summed E-state index contributed by atoms with van der Waals surface area (Å²) in [7, 11) is 0. The molecule has 1 fully saturated rings. The van der Waals surface area contributed by atoms with E-state index in [1.54, 1.807) is 54.9 Å². The molecule has 7 heteroatoms. The number of aliphatic hydroxyl groups is 1. The number of ether oxygens (including phenoxy) is 1. The molecule has 1 aliphatic rings. The molecule has 0 spiro atoms. The van der Waals surface area contributed by atoms with Crippen LogP contribution in [0.15, 0.2) is 78.9 Å². The smallest absolute Gasteiger partial charge is 0.295 e. The van der Waals surface area contributed by atoms with E-state index in [0.717, 1.165) is 5.56 Å². The summed E-state index contributed by atoms with van der Waals surface area (Å²) in [5, 5.41) is 11.0. The van der Waals surface area contributed by atoms with Crippen LogP contribution in [0, 0.1) is 0 Å². The zero-order chi connectivity index (χ0) is 21.8. The number of carbonyl (C=O) groups is 2. The second-order valence-electron chi connectivity index (χ2n) is 7.03. The van der Waals surface area contributed by atoms with E-state index in [2.05, 4.69) is 9.97 Å². The number of nitrogens with zero attached hydrogens (tertiary/aromatic N) is 3. The highest BCUT2D eigenvalue weighted by Gasteiger charge is 2.46. The zero-order valence-corrected chi connectivity index (χ0v) is 16.9. The van der Waals surface area contributed by atoms with Gasteiger partial charge in [-0.05, 0) is 48.4 Å². The van der Waals surface area contributed by atoms with E-state index in [1.165, 1.54) is 17.3 Å². The maximum Gasteiger partial charge on any atom is 0.295 e. The summed E-state index contributed by atoms with van der Waals surface area (Å²) in [6, 6.07) is 13.2. The van der Waals surface area contributed by atoms with E-state index >= 15 is 0 Å². The Balaban J connectivity index is 1.82. The molecule has 156 valence electrons. The predicted molar refractivity (Wildman–Crippen MR) is 114 cm³/mol. The van der Waals surface area contributed by atoms with Gasteiger partial charge >= 0.3 is 0 Å². The maximum atomic E-state index is 13.0. The number of hydrogen-bond donors (Lipinski definition) is 1. The van der Waals surface area contributed by atoms with Gasteiger partial charge < -0.3 is 14.7 Å². The lowest BCUT2D eigenvalue weighted by molar-refractivity contribution is -0.140. The number of ketones is 1. The van der Waals surface area contributed by atoms with Gasteiger partial charge in [0.1, 0.15) is 11.5 Å². The predicted octanol–water partition coefficient (Wildman–Crippen LogP) is 3.50. The van der Waals surface area contributed by atoms with Gasteiger partial charge in [0.15, 0.2) is 0 Å². The first-order valence-electron chi connectivity index (χ1n) is 9.90. The molecule has 7 nitrogen and oxygen atoms in total. The molecule has 0 aliphatic carbocycles. The summed E-state index contributed by atoms with van der Waals surface area (Å²) in [4.78, 5) is 35.5. The van der Waals surface area contributed by atoms with Crippen LogP contribution >= 0.6 is 0 Å². The molecule has 1 atom stereocenters. The van der Waals surface area contributed by atoms with E-state index in [4.69, 9.17) is 4.74 Å². The number of benzene rings is 1. The van der Waals surface area contributed by atoms with Crippen LogP contribution in [0.1, 0.15) is 29.7 Å². The number of aliphatic hydroxyl groups excluding tert-OH is 1. The minimum Gasteiger partial charge on any atom is -0.507 e. The van der Waals surface area contributed by atoms with Crippen molar-refractivity contribution in [1.82, 2.24) is 14.9 Å². The van der Waals surface area contributed by atoms with Crippen LogP contribution in [0.5, 0.6) is 5.75 Å². The SMILES string of the molecule is CCOc1ccc(C2C(=C(O)c3ccncc3)C(=O)C(=O)N2Cc2cccnc2)cc1. The fraction of sp³-hybridized carbons (Fsp3) is 0.167. The highest BCUT2D eigenvalue weighted by Crippen LogP contribution is 2.40. The first kappa shape index (κ1) is 20.3. The van der Waals surface area contributed by atoms with Crippen molar-refractivity contribution in [3.63, 3.8) is 0 Å². The summed E-state index contributed by atoms with van der Waals surface area (Å²) in [5.74, 6) is -0.937. The Morgan fingerprint density at radius 1 is 1.03 bits per heavy atom. The molecule has 1 aromatic carbocycles. The Morgan fingerprint density at radius 2 is 1.77 bits per heavy atom. The lowest BCUT2D eigenvalue weighted by Gasteiger charge is -2.25. The standard InChI is InChI=1S/C24H21N3O4/c1-2-31-19-7-5-17(6-8-19)21-20(22(28)18-9-12-25-13-10-18)23(29)24(30)27(21)15-16-4-3-11-26-14-16/h3-14,21,28H,2,15H2,1H3. The Morgan fingerprint density at radius 3 is 2.42 bits per heavy atom. The van der Waals surface area contributed by atoms with Crippen molar-refractivity contribution >= 4 is 17.4 Å². The third kappa shape index (κ3) is 4.02. The van der Waals surface area contributed by atoms with Crippen LogP contribution in [0.2, 0.25) is 0 Å². The van der Waals surface area contributed by atoms with E-state index in [0.29, 0.717) is 23.5 Å². The Hall–Kier alpha value is -4.00. The number of Topliss-reactive ketones (excluding diaryl/α,β-unsaturated/α-hetero) is 1. The van der Waals surface area contributed by atoms with Crippen molar-refractivity contribution in [3.05, 3.63) is 95.6 Å². The van der Waals surface area contributed by atoms with Gasteiger partial charge in [0.2, 0.25) is 0 Å². The van der Waals surface area contributed by atoms with Gasteiger partial charge in [0.25, 0.3) is 11.7 Å². The first-order valence-corrected chi connectivity index (χ1v) is 9.90. The quantitative estimate of drug-likeness (QED) is 0.376. The number of likely N-dealkylation sites (tertiary alicyclic amines) is 1. The van der Waals surface area contributed by atoms with Crippen molar-refractivity contribution in [2.24, 2.45) is 0 Å². The van der Waals surface area contributed by atoms with Crippen LogP contribution in [0.25, 0.3) is 5.76 Å². The number of amides is 1. The van der Waals surface area contributed by atoms with Crippen LogP contribution < -0.4 is 4.74 Å². The van der Waals surface area contributed by atoms with Crippen LogP contribution in [0.3, 0.4) is 0 Å². The summed E-state index contributed by atoms with van der Waals surface area (Å²) in [6.07, 6.45) is 6.34. The molecule has 1 N–H and O–H groups in total. The molecule has 0 radical (unpaired) electrons. The average Bonchev–Trinajstić information content (AvgIpc) is 3.05. The second kappa shape index (κ2) is 8.79. The van der Waals surface area contributed by atoms with Gasteiger partial charge in [-0.15, -0.1) is 0 Å². The van der Waals surface area contributed by atoms with Crippen LogP contribution in [-0.4, -0.2) is 38.3 Å². The van der Waals surface area contributed by atoms with Gasteiger partial charge in [0, 0.05) is 36.9 Å². The summed E-state index contributed by atoms with van der Waals surface area (Å²) in [6.45, 7) is 2.61. The number of carbonyl (C=O) groups excluding carboxylic acids is 2. The third-order valence-electron chi connectivity index (χ3n) is 5.08. The molecule has 4 rings (SSSR count). The molecule has 31 heavy (non-hydrogen) atoms. The average molecular weight is 415 g/mol. The molecular formula is C24H21N3O4. The molecule has 2 aromatic heterocycles. The minimum atomic E-state index is -0.746. The molecule has 1 aliphatic heterocycles. The van der Waals surface area contributed by atoms with E-state index in [9.17, 15) is 14.7 Å². The normalized spacial score (nSPS) is 17.7. The highest BCUT2D eigenvalue weighted by molar-refractivity contribution is 6.46. The molecule has 3 aromatic rings. The van der Waals surface area contributed by atoms with E-state index in [-0.39, 0.29) is 17.9 Å². The highest BCUT2D eigenvalue weighted by atomic mass is 16.5. The number of rotatable bonds is 6. The molecule has 3 heterocycles.